The summed E-state index contributed by atoms with van der Waals surface area (Å²) in [6.07, 6.45) is 9.25. The van der Waals surface area contributed by atoms with E-state index in [0.717, 1.165) is 11.8 Å². The van der Waals surface area contributed by atoms with Gasteiger partial charge in [0.2, 0.25) is 5.91 Å². The summed E-state index contributed by atoms with van der Waals surface area (Å²) in [4.78, 5) is 12.5. The van der Waals surface area contributed by atoms with Crippen LogP contribution in [0.1, 0.15) is 44.9 Å². The molecule has 3 nitrogen and oxygen atoms in total. The van der Waals surface area contributed by atoms with Crippen LogP contribution in [0.2, 0.25) is 0 Å². The van der Waals surface area contributed by atoms with Gasteiger partial charge in [0, 0.05) is 18.5 Å². The average molecular weight is 262 g/mol. The zero-order valence-corrected chi connectivity index (χ0v) is 11.7. The Kier molecular flexibility index (Phi) is 2.87. The van der Waals surface area contributed by atoms with Gasteiger partial charge in [-0.15, -0.1) is 0 Å². The Morgan fingerprint density at radius 3 is 2.16 bits per heavy atom. The monoisotopic (exact) mass is 262 g/mol. The first kappa shape index (κ1) is 12.2. The summed E-state index contributed by atoms with van der Waals surface area (Å²) in [5.41, 5.74) is 6.09. The fraction of sp³-hybridized carbons (Fsp3) is 0.938. The second-order valence-electron chi connectivity index (χ2n) is 7.70. The fourth-order valence-corrected chi connectivity index (χ4v) is 5.38. The highest BCUT2D eigenvalue weighted by molar-refractivity contribution is 5.79. The van der Waals surface area contributed by atoms with Crippen LogP contribution in [0, 0.1) is 35.5 Å². The highest BCUT2D eigenvalue weighted by Gasteiger charge is 2.50. The smallest absolute Gasteiger partial charge is 0.223 e. The van der Waals surface area contributed by atoms with Crippen LogP contribution in [0.25, 0.3) is 0 Å². The summed E-state index contributed by atoms with van der Waals surface area (Å²) in [6.45, 7) is 0.701. The molecule has 3 heteroatoms. The predicted molar refractivity (Wildman–Crippen MR) is 74.2 cm³/mol. The van der Waals surface area contributed by atoms with Crippen LogP contribution in [0.4, 0.5) is 0 Å². The van der Waals surface area contributed by atoms with E-state index in [9.17, 15) is 4.79 Å². The number of amides is 1. The first-order valence-electron chi connectivity index (χ1n) is 8.24. The maximum absolute atomic E-state index is 12.5. The average Bonchev–Trinajstić information content (AvgIpc) is 3.18. The van der Waals surface area contributed by atoms with Gasteiger partial charge in [-0.25, -0.2) is 0 Å². The molecule has 0 radical (unpaired) electrons. The lowest BCUT2D eigenvalue weighted by atomic mass is 9.51. The molecule has 5 fully saturated rings. The molecule has 5 rings (SSSR count). The van der Waals surface area contributed by atoms with E-state index >= 15 is 0 Å². The van der Waals surface area contributed by atoms with Crippen LogP contribution in [0.5, 0.6) is 0 Å². The molecule has 106 valence electrons. The molecule has 1 atom stereocenters. The molecule has 5 aliphatic rings. The van der Waals surface area contributed by atoms with E-state index in [4.69, 9.17) is 5.73 Å². The summed E-state index contributed by atoms with van der Waals surface area (Å²) in [7, 11) is 0. The van der Waals surface area contributed by atoms with Crippen LogP contribution in [-0.2, 0) is 4.79 Å². The van der Waals surface area contributed by atoms with Crippen LogP contribution in [0.15, 0.2) is 0 Å². The second-order valence-corrected chi connectivity index (χ2v) is 7.70. The molecular weight excluding hydrogens is 236 g/mol. The summed E-state index contributed by atoms with van der Waals surface area (Å²) in [5, 5.41) is 3.17. The SMILES string of the molecule is NC(CNC(=O)C1C2CC3CC(C2)CC1C3)C1CC1. The van der Waals surface area contributed by atoms with E-state index in [1.807, 2.05) is 0 Å². The van der Waals surface area contributed by atoms with Crippen LogP contribution < -0.4 is 11.1 Å². The van der Waals surface area contributed by atoms with Crippen LogP contribution in [0.3, 0.4) is 0 Å². The normalized spacial score (nSPS) is 45.2. The van der Waals surface area contributed by atoms with E-state index in [1.54, 1.807) is 0 Å². The van der Waals surface area contributed by atoms with Crippen molar-refractivity contribution < 1.29 is 4.79 Å². The first-order valence-corrected chi connectivity index (χ1v) is 8.24. The highest BCUT2D eigenvalue weighted by Crippen LogP contribution is 2.56. The van der Waals surface area contributed by atoms with Crippen molar-refractivity contribution in [1.29, 1.82) is 0 Å². The molecule has 1 amide bonds. The van der Waals surface area contributed by atoms with Crippen molar-refractivity contribution in [2.75, 3.05) is 6.54 Å². The Bertz CT molecular complexity index is 349. The quantitative estimate of drug-likeness (QED) is 0.813. The molecule has 4 bridgehead atoms. The minimum absolute atomic E-state index is 0.195. The van der Waals surface area contributed by atoms with Gasteiger partial charge < -0.3 is 11.1 Å². The Morgan fingerprint density at radius 2 is 1.63 bits per heavy atom. The maximum Gasteiger partial charge on any atom is 0.223 e. The van der Waals surface area contributed by atoms with E-state index in [0.29, 0.717) is 36.1 Å². The van der Waals surface area contributed by atoms with Gasteiger partial charge in [-0.05, 0) is 74.5 Å². The molecule has 0 saturated heterocycles. The Balaban J connectivity index is 1.37. The Morgan fingerprint density at radius 1 is 1.05 bits per heavy atom. The zero-order valence-electron chi connectivity index (χ0n) is 11.7. The lowest BCUT2D eigenvalue weighted by Gasteiger charge is -2.53. The van der Waals surface area contributed by atoms with Crippen molar-refractivity contribution in [1.82, 2.24) is 5.32 Å². The van der Waals surface area contributed by atoms with Gasteiger partial charge in [-0.3, -0.25) is 4.79 Å². The minimum atomic E-state index is 0.195. The molecular formula is C16H26N2O. The standard InChI is InChI=1S/C16H26N2O/c17-14(11-1-2-11)8-18-16(19)15-12-4-9-3-10(6-12)7-13(15)5-9/h9-15H,1-8,17H2,(H,18,19). The molecule has 1 unspecified atom stereocenters. The van der Waals surface area contributed by atoms with Gasteiger partial charge >= 0.3 is 0 Å². The van der Waals surface area contributed by atoms with Crippen LogP contribution in [-0.4, -0.2) is 18.5 Å². The molecule has 5 saturated carbocycles. The fourth-order valence-electron chi connectivity index (χ4n) is 5.38. The number of hydrogen-bond acceptors (Lipinski definition) is 2. The van der Waals surface area contributed by atoms with Gasteiger partial charge in [0.1, 0.15) is 0 Å². The van der Waals surface area contributed by atoms with Gasteiger partial charge in [0.05, 0.1) is 0 Å². The third-order valence-corrected chi connectivity index (χ3v) is 6.27. The lowest BCUT2D eigenvalue weighted by molar-refractivity contribution is -0.138. The van der Waals surface area contributed by atoms with Crippen molar-refractivity contribution >= 4 is 5.91 Å². The van der Waals surface area contributed by atoms with E-state index < -0.39 is 0 Å². The molecule has 0 aromatic carbocycles. The number of rotatable bonds is 4. The summed E-state index contributed by atoms with van der Waals surface area (Å²) in [6, 6.07) is 0.195. The number of carbonyl (C=O) groups excluding carboxylic acids is 1. The lowest BCUT2D eigenvalue weighted by Crippen LogP contribution is -2.52. The third-order valence-electron chi connectivity index (χ3n) is 6.27. The predicted octanol–water partition coefficient (Wildman–Crippen LogP) is 1.91. The van der Waals surface area contributed by atoms with Crippen molar-refractivity contribution in [3.05, 3.63) is 0 Å². The van der Waals surface area contributed by atoms with Crippen molar-refractivity contribution in [2.24, 2.45) is 41.2 Å². The summed E-state index contributed by atoms with van der Waals surface area (Å²) < 4.78 is 0. The van der Waals surface area contributed by atoms with Crippen molar-refractivity contribution in [3.63, 3.8) is 0 Å². The molecule has 0 aromatic heterocycles. The molecule has 0 spiro atoms. The summed E-state index contributed by atoms with van der Waals surface area (Å²) in [5.74, 6) is 4.59. The number of nitrogens with one attached hydrogen (secondary N) is 1. The number of nitrogens with two attached hydrogens (primary N) is 1. The minimum Gasteiger partial charge on any atom is -0.354 e. The van der Waals surface area contributed by atoms with Crippen molar-refractivity contribution in [2.45, 2.75) is 51.0 Å². The Labute approximate surface area is 115 Å². The number of carbonyl (C=O) groups is 1. The summed E-state index contributed by atoms with van der Waals surface area (Å²) >= 11 is 0. The molecule has 19 heavy (non-hydrogen) atoms. The maximum atomic E-state index is 12.5. The van der Waals surface area contributed by atoms with Gasteiger partial charge in [0.25, 0.3) is 0 Å². The topological polar surface area (TPSA) is 55.1 Å². The third kappa shape index (κ3) is 2.20. The highest BCUT2D eigenvalue weighted by atomic mass is 16.1. The number of hydrogen-bond donors (Lipinski definition) is 2. The van der Waals surface area contributed by atoms with E-state index in [2.05, 4.69) is 5.32 Å². The van der Waals surface area contributed by atoms with Gasteiger partial charge in [0.15, 0.2) is 0 Å². The molecule has 3 N–H and O–H groups in total. The van der Waals surface area contributed by atoms with Gasteiger partial charge in [-0.2, -0.15) is 0 Å². The largest absolute Gasteiger partial charge is 0.354 e. The molecule has 5 aliphatic carbocycles. The van der Waals surface area contributed by atoms with Crippen molar-refractivity contribution in [3.8, 4) is 0 Å². The zero-order chi connectivity index (χ0) is 13.0. The molecule has 0 heterocycles. The van der Waals surface area contributed by atoms with E-state index in [1.165, 1.54) is 44.9 Å². The Hall–Kier alpha value is -0.570. The first-order chi connectivity index (χ1) is 9.20. The van der Waals surface area contributed by atoms with Crippen LogP contribution >= 0.6 is 0 Å². The van der Waals surface area contributed by atoms with Gasteiger partial charge in [-0.1, -0.05) is 0 Å². The molecule has 0 aliphatic heterocycles. The molecule has 0 aromatic rings. The second kappa shape index (κ2) is 4.47. The van der Waals surface area contributed by atoms with E-state index in [-0.39, 0.29) is 6.04 Å².